The molecule has 0 bridgehead atoms. The number of rotatable bonds is 4. The molecule has 5 heteroatoms. The number of hydrogen-bond acceptors (Lipinski definition) is 4. The zero-order valence-corrected chi connectivity index (χ0v) is 10.9. The lowest BCUT2D eigenvalue weighted by atomic mass is 9.92. The molecule has 0 aliphatic carbocycles. The zero-order valence-electron chi connectivity index (χ0n) is 10.9. The molecule has 0 spiro atoms. The summed E-state index contributed by atoms with van der Waals surface area (Å²) >= 11 is 0. The lowest BCUT2D eigenvalue weighted by Crippen LogP contribution is -2.38. The second kappa shape index (κ2) is 5.22. The Morgan fingerprint density at radius 2 is 1.95 bits per heavy atom. The third-order valence-electron chi connectivity index (χ3n) is 3.20. The molecule has 1 aliphatic heterocycles. The van der Waals surface area contributed by atoms with Gasteiger partial charge in [0.25, 0.3) is 0 Å². The van der Waals surface area contributed by atoms with Crippen LogP contribution < -0.4 is 5.01 Å². The summed E-state index contributed by atoms with van der Waals surface area (Å²) in [5, 5.41) is 15.3. The number of Topliss-reactive ketones (excluding diaryl/α,β-unsaturated/α-hetero) is 1. The fraction of sp³-hybridized carbons (Fsp3) is 0.357. The van der Waals surface area contributed by atoms with Gasteiger partial charge in [-0.1, -0.05) is 18.2 Å². The standard InChI is InChI=1S/C14H16N2O3/c1-9(17)8-12-13(14(18)19)10(2)15-16(12)11-6-4-3-5-7-11/h3-7,12-13H,8H2,1-2H3,(H,18,19). The lowest BCUT2D eigenvalue weighted by Gasteiger charge is -2.25. The van der Waals surface area contributed by atoms with Crippen LogP contribution in [0.5, 0.6) is 0 Å². The average molecular weight is 260 g/mol. The first-order valence-corrected chi connectivity index (χ1v) is 6.12. The van der Waals surface area contributed by atoms with E-state index in [1.54, 1.807) is 11.9 Å². The van der Waals surface area contributed by atoms with E-state index in [4.69, 9.17) is 0 Å². The van der Waals surface area contributed by atoms with Crippen LogP contribution in [0.2, 0.25) is 0 Å². The number of aliphatic carboxylic acids is 1. The van der Waals surface area contributed by atoms with E-state index in [-0.39, 0.29) is 12.2 Å². The molecule has 0 saturated heterocycles. The average Bonchev–Trinajstić information content (AvgIpc) is 2.66. The molecule has 0 fully saturated rings. The highest BCUT2D eigenvalue weighted by Gasteiger charge is 2.41. The van der Waals surface area contributed by atoms with Crippen LogP contribution in [-0.2, 0) is 9.59 Å². The summed E-state index contributed by atoms with van der Waals surface area (Å²) in [7, 11) is 0. The number of hydrazone groups is 1. The van der Waals surface area contributed by atoms with E-state index < -0.39 is 17.9 Å². The number of anilines is 1. The minimum absolute atomic E-state index is 0.0397. The molecule has 0 amide bonds. The maximum absolute atomic E-state index is 11.4. The number of para-hydroxylation sites is 1. The maximum Gasteiger partial charge on any atom is 0.314 e. The Hall–Kier alpha value is -2.17. The molecule has 100 valence electrons. The third kappa shape index (κ3) is 2.65. The van der Waals surface area contributed by atoms with Crippen molar-refractivity contribution in [2.24, 2.45) is 11.0 Å². The fourth-order valence-electron chi connectivity index (χ4n) is 2.40. The first-order chi connectivity index (χ1) is 9.00. The highest BCUT2D eigenvalue weighted by molar-refractivity contribution is 6.04. The van der Waals surface area contributed by atoms with Crippen molar-refractivity contribution in [2.45, 2.75) is 26.3 Å². The van der Waals surface area contributed by atoms with Crippen LogP contribution in [0.15, 0.2) is 35.4 Å². The van der Waals surface area contributed by atoms with Crippen molar-refractivity contribution in [2.75, 3.05) is 5.01 Å². The summed E-state index contributed by atoms with van der Waals surface area (Å²) in [6, 6.07) is 8.86. The van der Waals surface area contributed by atoms with Crippen LogP contribution in [0, 0.1) is 5.92 Å². The Labute approximate surface area is 111 Å². The van der Waals surface area contributed by atoms with Gasteiger partial charge in [-0.05, 0) is 26.0 Å². The second-order valence-corrected chi connectivity index (χ2v) is 4.71. The molecule has 1 heterocycles. The van der Waals surface area contributed by atoms with E-state index in [2.05, 4.69) is 5.10 Å². The van der Waals surface area contributed by atoms with E-state index in [1.807, 2.05) is 30.3 Å². The monoisotopic (exact) mass is 260 g/mol. The largest absolute Gasteiger partial charge is 0.481 e. The van der Waals surface area contributed by atoms with Gasteiger partial charge in [-0.25, -0.2) is 0 Å². The molecule has 2 atom stereocenters. The Morgan fingerprint density at radius 1 is 1.32 bits per heavy atom. The van der Waals surface area contributed by atoms with Gasteiger partial charge in [0.05, 0.1) is 17.4 Å². The predicted molar refractivity (Wildman–Crippen MR) is 72.2 cm³/mol. The Balaban J connectivity index is 2.36. The van der Waals surface area contributed by atoms with Crippen LogP contribution in [0.25, 0.3) is 0 Å². The number of carbonyl (C=O) groups is 2. The van der Waals surface area contributed by atoms with Crippen molar-refractivity contribution < 1.29 is 14.7 Å². The smallest absolute Gasteiger partial charge is 0.314 e. The Bertz CT molecular complexity index is 525. The number of benzene rings is 1. The first kappa shape index (κ1) is 13.3. The molecule has 1 aromatic rings. The molecule has 5 nitrogen and oxygen atoms in total. The maximum atomic E-state index is 11.4. The topological polar surface area (TPSA) is 70.0 Å². The number of carboxylic acids is 1. The fourth-order valence-corrected chi connectivity index (χ4v) is 2.40. The number of carbonyl (C=O) groups excluding carboxylic acids is 1. The molecule has 1 N–H and O–H groups in total. The van der Waals surface area contributed by atoms with Crippen molar-refractivity contribution in [1.82, 2.24) is 0 Å². The van der Waals surface area contributed by atoms with E-state index in [1.165, 1.54) is 6.92 Å². The Kier molecular flexibility index (Phi) is 3.64. The first-order valence-electron chi connectivity index (χ1n) is 6.12. The van der Waals surface area contributed by atoms with E-state index in [0.717, 1.165) is 5.69 Å². The molecule has 2 unspecified atom stereocenters. The summed E-state index contributed by atoms with van der Waals surface area (Å²) in [6.07, 6.45) is 0.173. The van der Waals surface area contributed by atoms with Gasteiger partial charge in [-0.15, -0.1) is 0 Å². The van der Waals surface area contributed by atoms with Crippen molar-refractivity contribution in [3.05, 3.63) is 30.3 Å². The van der Waals surface area contributed by atoms with Gasteiger partial charge in [-0.2, -0.15) is 5.10 Å². The van der Waals surface area contributed by atoms with Gasteiger partial charge in [0.2, 0.25) is 0 Å². The molecule has 0 aromatic heterocycles. The number of carboxylic acid groups (broad SMARTS) is 1. The van der Waals surface area contributed by atoms with E-state index in [0.29, 0.717) is 5.71 Å². The van der Waals surface area contributed by atoms with Gasteiger partial charge in [0.1, 0.15) is 11.7 Å². The van der Waals surface area contributed by atoms with Gasteiger partial charge in [-0.3, -0.25) is 14.6 Å². The molecule has 0 saturated carbocycles. The van der Waals surface area contributed by atoms with Crippen LogP contribution in [0.3, 0.4) is 0 Å². The zero-order chi connectivity index (χ0) is 14.0. The van der Waals surface area contributed by atoms with E-state index >= 15 is 0 Å². The Morgan fingerprint density at radius 3 is 2.47 bits per heavy atom. The predicted octanol–water partition coefficient (Wildman–Crippen LogP) is 1.93. The number of ketones is 1. The molecular formula is C14H16N2O3. The van der Waals surface area contributed by atoms with Crippen LogP contribution in [-0.4, -0.2) is 28.6 Å². The van der Waals surface area contributed by atoms with Gasteiger partial charge >= 0.3 is 5.97 Å². The van der Waals surface area contributed by atoms with Crippen molar-refractivity contribution in [3.63, 3.8) is 0 Å². The summed E-state index contributed by atoms with van der Waals surface area (Å²) in [6.45, 7) is 3.16. The number of nitrogens with zero attached hydrogens (tertiary/aromatic N) is 2. The van der Waals surface area contributed by atoms with Crippen LogP contribution in [0.4, 0.5) is 5.69 Å². The molecule has 2 rings (SSSR count). The normalized spacial score (nSPS) is 22.2. The summed E-state index contributed by atoms with van der Waals surface area (Å²) < 4.78 is 0. The second-order valence-electron chi connectivity index (χ2n) is 4.71. The summed E-state index contributed by atoms with van der Waals surface area (Å²) in [5.41, 5.74) is 1.33. The van der Waals surface area contributed by atoms with Gasteiger partial charge < -0.3 is 5.11 Å². The van der Waals surface area contributed by atoms with Crippen molar-refractivity contribution >= 4 is 23.2 Å². The van der Waals surface area contributed by atoms with Crippen molar-refractivity contribution in [3.8, 4) is 0 Å². The lowest BCUT2D eigenvalue weighted by molar-refractivity contribution is -0.139. The number of hydrogen-bond donors (Lipinski definition) is 1. The quantitative estimate of drug-likeness (QED) is 0.898. The molecule has 1 aromatic carbocycles. The van der Waals surface area contributed by atoms with E-state index in [9.17, 15) is 14.7 Å². The molecule has 1 aliphatic rings. The van der Waals surface area contributed by atoms with Crippen molar-refractivity contribution in [1.29, 1.82) is 0 Å². The van der Waals surface area contributed by atoms with Gasteiger partial charge in [0.15, 0.2) is 0 Å². The molecule has 0 radical (unpaired) electrons. The third-order valence-corrected chi connectivity index (χ3v) is 3.20. The van der Waals surface area contributed by atoms with Crippen LogP contribution >= 0.6 is 0 Å². The van der Waals surface area contributed by atoms with Gasteiger partial charge in [0, 0.05) is 6.42 Å². The summed E-state index contributed by atoms with van der Waals surface area (Å²) in [4.78, 5) is 22.7. The SMILES string of the molecule is CC(=O)CC1C(C(=O)O)C(C)=NN1c1ccccc1. The molecular weight excluding hydrogens is 244 g/mol. The highest BCUT2D eigenvalue weighted by atomic mass is 16.4. The van der Waals surface area contributed by atoms with Crippen LogP contribution in [0.1, 0.15) is 20.3 Å². The molecule has 19 heavy (non-hydrogen) atoms. The minimum atomic E-state index is -0.939. The minimum Gasteiger partial charge on any atom is -0.481 e. The summed E-state index contributed by atoms with van der Waals surface area (Å²) in [5.74, 6) is -1.71. The highest BCUT2D eigenvalue weighted by Crippen LogP contribution is 2.30.